The highest BCUT2D eigenvalue weighted by Gasteiger charge is 2.20. The average molecular weight is 340 g/mol. The average Bonchev–Trinajstić information content (AvgIpc) is 3.34. The summed E-state index contributed by atoms with van der Waals surface area (Å²) in [7, 11) is 1.68. The fourth-order valence-electron chi connectivity index (χ4n) is 2.97. The van der Waals surface area contributed by atoms with E-state index in [1.54, 1.807) is 19.4 Å². The second kappa shape index (κ2) is 6.98. The molecule has 1 saturated heterocycles. The lowest BCUT2D eigenvalue weighted by atomic mass is 10.2. The molecule has 0 atom stereocenters. The Bertz CT molecular complexity index is 790. The van der Waals surface area contributed by atoms with Crippen LogP contribution >= 0.6 is 0 Å². The molecule has 0 amide bonds. The van der Waals surface area contributed by atoms with Crippen molar-refractivity contribution >= 4 is 5.69 Å². The van der Waals surface area contributed by atoms with Crippen molar-refractivity contribution in [2.24, 2.45) is 0 Å². The van der Waals surface area contributed by atoms with Gasteiger partial charge in [-0.15, -0.1) is 10.2 Å². The molecule has 1 aromatic carbocycles. The molecule has 1 aliphatic rings. The number of ether oxygens (including phenoxy) is 1. The molecule has 130 valence electrons. The molecule has 0 unspecified atom stereocenters. The van der Waals surface area contributed by atoms with Crippen LogP contribution in [0.1, 0.15) is 5.89 Å². The fourth-order valence-corrected chi connectivity index (χ4v) is 2.97. The van der Waals surface area contributed by atoms with Crippen LogP contribution in [-0.4, -0.2) is 48.4 Å². The minimum Gasteiger partial charge on any atom is -0.497 e. The van der Waals surface area contributed by atoms with Gasteiger partial charge in [0.05, 0.1) is 19.9 Å². The van der Waals surface area contributed by atoms with Crippen LogP contribution in [0.25, 0.3) is 11.7 Å². The molecule has 0 bridgehead atoms. The van der Waals surface area contributed by atoms with E-state index in [9.17, 15) is 0 Å². The van der Waals surface area contributed by atoms with Crippen LogP contribution in [-0.2, 0) is 6.54 Å². The van der Waals surface area contributed by atoms with E-state index >= 15 is 0 Å². The molecule has 0 spiro atoms. The summed E-state index contributed by atoms with van der Waals surface area (Å²) in [6.07, 6.45) is 1.59. The SMILES string of the molecule is COc1ccc(N2CCN(Cc3nnc(-c4ccco4)o3)CC2)cc1. The van der Waals surface area contributed by atoms with E-state index in [1.807, 2.05) is 18.2 Å². The third kappa shape index (κ3) is 3.51. The molecule has 0 N–H and O–H groups in total. The topological polar surface area (TPSA) is 67.8 Å². The van der Waals surface area contributed by atoms with Crippen molar-refractivity contribution in [2.45, 2.75) is 6.54 Å². The second-order valence-electron chi connectivity index (χ2n) is 5.94. The van der Waals surface area contributed by atoms with E-state index in [0.29, 0.717) is 24.1 Å². The van der Waals surface area contributed by atoms with Gasteiger partial charge in [0.15, 0.2) is 5.76 Å². The number of furan rings is 1. The highest BCUT2D eigenvalue weighted by Crippen LogP contribution is 2.22. The van der Waals surface area contributed by atoms with Crippen LogP contribution in [0.4, 0.5) is 5.69 Å². The minimum absolute atomic E-state index is 0.428. The van der Waals surface area contributed by atoms with Gasteiger partial charge in [0, 0.05) is 31.9 Å². The number of nitrogens with zero attached hydrogens (tertiary/aromatic N) is 4. The van der Waals surface area contributed by atoms with Gasteiger partial charge in [-0.1, -0.05) is 0 Å². The number of benzene rings is 1. The number of hydrogen-bond donors (Lipinski definition) is 0. The zero-order chi connectivity index (χ0) is 17.1. The van der Waals surface area contributed by atoms with Gasteiger partial charge in [-0.2, -0.15) is 0 Å². The Morgan fingerprint density at radius 2 is 1.84 bits per heavy atom. The van der Waals surface area contributed by atoms with E-state index in [-0.39, 0.29) is 0 Å². The number of rotatable bonds is 5. The van der Waals surface area contributed by atoms with E-state index in [2.05, 4.69) is 32.1 Å². The molecule has 25 heavy (non-hydrogen) atoms. The first-order chi connectivity index (χ1) is 12.3. The van der Waals surface area contributed by atoms with E-state index in [0.717, 1.165) is 31.9 Å². The van der Waals surface area contributed by atoms with Gasteiger partial charge < -0.3 is 18.5 Å². The van der Waals surface area contributed by atoms with Crippen LogP contribution in [0.3, 0.4) is 0 Å². The fraction of sp³-hybridized carbons (Fsp3) is 0.333. The summed E-state index contributed by atoms with van der Waals surface area (Å²) in [5, 5.41) is 8.16. The summed E-state index contributed by atoms with van der Waals surface area (Å²) in [5.74, 6) is 2.52. The Hall–Kier alpha value is -2.80. The van der Waals surface area contributed by atoms with Crippen LogP contribution < -0.4 is 9.64 Å². The van der Waals surface area contributed by atoms with Crippen molar-refractivity contribution in [3.63, 3.8) is 0 Å². The van der Waals surface area contributed by atoms with Gasteiger partial charge >= 0.3 is 0 Å². The van der Waals surface area contributed by atoms with Gasteiger partial charge in [-0.25, -0.2) is 0 Å². The summed E-state index contributed by atoms with van der Waals surface area (Å²) in [4.78, 5) is 4.69. The third-order valence-corrected chi connectivity index (χ3v) is 4.37. The lowest BCUT2D eigenvalue weighted by Crippen LogP contribution is -2.46. The Kier molecular flexibility index (Phi) is 4.39. The monoisotopic (exact) mass is 340 g/mol. The largest absolute Gasteiger partial charge is 0.497 e. The first-order valence-electron chi connectivity index (χ1n) is 8.29. The zero-order valence-electron chi connectivity index (χ0n) is 14.1. The number of hydrogen-bond acceptors (Lipinski definition) is 7. The molecule has 0 aliphatic carbocycles. The Morgan fingerprint density at radius 3 is 2.52 bits per heavy atom. The summed E-state index contributed by atoms with van der Waals surface area (Å²) in [6, 6.07) is 11.8. The maximum absolute atomic E-state index is 5.68. The molecule has 1 aliphatic heterocycles. The molecule has 7 heteroatoms. The van der Waals surface area contributed by atoms with Gasteiger partial charge in [0.25, 0.3) is 5.89 Å². The minimum atomic E-state index is 0.428. The highest BCUT2D eigenvalue weighted by molar-refractivity contribution is 5.49. The molecule has 0 saturated carbocycles. The molecular formula is C18H20N4O3. The highest BCUT2D eigenvalue weighted by atomic mass is 16.5. The van der Waals surface area contributed by atoms with Gasteiger partial charge in [-0.3, -0.25) is 4.90 Å². The predicted molar refractivity (Wildman–Crippen MR) is 92.5 cm³/mol. The van der Waals surface area contributed by atoms with Crippen molar-refractivity contribution < 1.29 is 13.6 Å². The summed E-state index contributed by atoms with van der Waals surface area (Å²) < 4.78 is 16.2. The lowest BCUT2D eigenvalue weighted by Gasteiger charge is -2.35. The van der Waals surface area contributed by atoms with Crippen molar-refractivity contribution in [3.8, 4) is 17.4 Å². The van der Waals surface area contributed by atoms with E-state index in [1.165, 1.54) is 5.69 Å². The predicted octanol–water partition coefficient (Wildman–Crippen LogP) is 2.66. The molecular weight excluding hydrogens is 320 g/mol. The van der Waals surface area contributed by atoms with Crippen LogP contribution in [0.15, 0.2) is 51.5 Å². The van der Waals surface area contributed by atoms with Crippen LogP contribution in [0.5, 0.6) is 5.75 Å². The molecule has 3 aromatic rings. The number of methoxy groups -OCH3 is 1. The smallest absolute Gasteiger partial charge is 0.283 e. The van der Waals surface area contributed by atoms with Crippen molar-refractivity contribution in [2.75, 3.05) is 38.2 Å². The second-order valence-corrected chi connectivity index (χ2v) is 5.94. The summed E-state index contributed by atoms with van der Waals surface area (Å²) in [5.41, 5.74) is 1.22. The Morgan fingerprint density at radius 1 is 1.04 bits per heavy atom. The molecule has 7 nitrogen and oxygen atoms in total. The Labute approximate surface area is 145 Å². The standard InChI is InChI=1S/C18H20N4O3/c1-23-15-6-4-14(5-7-15)22-10-8-21(9-11-22)13-17-19-20-18(25-17)16-3-2-12-24-16/h2-7,12H,8-11,13H2,1H3. The Balaban J connectivity index is 1.33. The maximum atomic E-state index is 5.68. The van der Waals surface area contributed by atoms with Crippen molar-refractivity contribution in [1.29, 1.82) is 0 Å². The quantitative estimate of drug-likeness (QED) is 0.707. The first-order valence-corrected chi connectivity index (χ1v) is 8.29. The zero-order valence-corrected chi connectivity index (χ0v) is 14.1. The summed E-state index contributed by atoms with van der Waals surface area (Å²) >= 11 is 0. The molecule has 4 rings (SSSR count). The number of aromatic nitrogens is 2. The van der Waals surface area contributed by atoms with Gasteiger partial charge in [-0.05, 0) is 36.4 Å². The van der Waals surface area contributed by atoms with E-state index < -0.39 is 0 Å². The number of piperazine rings is 1. The molecule has 1 fully saturated rings. The van der Waals surface area contributed by atoms with Gasteiger partial charge in [0.1, 0.15) is 5.75 Å². The van der Waals surface area contributed by atoms with Crippen LogP contribution in [0.2, 0.25) is 0 Å². The number of anilines is 1. The summed E-state index contributed by atoms with van der Waals surface area (Å²) in [6.45, 7) is 4.48. The maximum Gasteiger partial charge on any atom is 0.283 e. The van der Waals surface area contributed by atoms with Gasteiger partial charge in [0.2, 0.25) is 5.89 Å². The lowest BCUT2D eigenvalue weighted by molar-refractivity contribution is 0.226. The normalized spacial score (nSPS) is 15.5. The van der Waals surface area contributed by atoms with Crippen LogP contribution in [0, 0.1) is 0 Å². The molecule has 3 heterocycles. The first kappa shape index (κ1) is 15.7. The molecule has 2 aromatic heterocycles. The third-order valence-electron chi connectivity index (χ3n) is 4.37. The molecule has 0 radical (unpaired) electrons. The van der Waals surface area contributed by atoms with Crippen molar-refractivity contribution in [3.05, 3.63) is 48.6 Å². The van der Waals surface area contributed by atoms with Crippen molar-refractivity contribution in [1.82, 2.24) is 15.1 Å². The van der Waals surface area contributed by atoms with E-state index in [4.69, 9.17) is 13.6 Å².